The number of hydrogen-bond donors (Lipinski definition) is 0. The van der Waals surface area contributed by atoms with E-state index in [1.807, 2.05) is 6.92 Å². The molecule has 0 fully saturated rings. The molecule has 0 N–H and O–H groups in total. The molecular weight excluding hydrogens is 416 g/mol. The highest BCUT2D eigenvalue weighted by atomic mass is 16.5. The monoisotopic (exact) mass is 444 g/mol. The Labute approximate surface area is 194 Å². The number of hydrogen-bond acceptors (Lipinski definition) is 6. The van der Waals surface area contributed by atoms with Crippen molar-refractivity contribution in [3.63, 3.8) is 0 Å². The zero-order valence-corrected chi connectivity index (χ0v) is 19.0. The zero-order chi connectivity index (χ0) is 23.5. The van der Waals surface area contributed by atoms with E-state index in [1.165, 1.54) is 0 Å². The van der Waals surface area contributed by atoms with Gasteiger partial charge in [-0.1, -0.05) is 26.7 Å². The third kappa shape index (κ3) is 7.38. The van der Waals surface area contributed by atoms with Crippen LogP contribution in [0.25, 0.3) is 0 Å². The molecule has 0 atom stereocenters. The van der Waals surface area contributed by atoms with Crippen molar-refractivity contribution in [1.82, 2.24) is 0 Å². The smallest absolute Gasteiger partial charge is 0.343 e. The van der Waals surface area contributed by atoms with Gasteiger partial charge in [-0.25, -0.2) is 4.79 Å². The van der Waals surface area contributed by atoms with Gasteiger partial charge in [-0.2, -0.15) is 10.2 Å². The van der Waals surface area contributed by atoms with Crippen molar-refractivity contribution < 1.29 is 19.1 Å². The quantitative estimate of drug-likeness (QED) is 0.101. The Hall–Kier alpha value is -3.80. The lowest BCUT2D eigenvalue weighted by molar-refractivity contribution is 0.0734. The fraction of sp³-hybridized carbons (Fsp3) is 0.259. The summed E-state index contributed by atoms with van der Waals surface area (Å²) in [7, 11) is 0. The van der Waals surface area contributed by atoms with Crippen LogP contribution >= 0.6 is 0 Å². The Bertz CT molecular complexity index is 1070. The fourth-order valence-corrected chi connectivity index (χ4v) is 3.01. The van der Waals surface area contributed by atoms with E-state index < -0.39 is 5.97 Å². The molecule has 0 radical (unpaired) electrons. The topological polar surface area (TPSA) is 77.3 Å². The number of rotatable bonds is 11. The number of carbonyl (C=O) groups excluding carboxylic acids is 2. The third-order valence-electron chi connectivity index (χ3n) is 4.95. The van der Waals surface area contributed by atoms with Gasteiger partial charge in [-0.15, -0.1) is 0 Å². The summed E-state index contributed by atoms with van der Waals surface area (Å²) in [6.07, 6.45) is 3.77. The summed E-state index contributed by atoms with van der Waals surface area (Å²) in [5.74, 6) is 0.809. The number of benzene rings is 3. The van der Waals surface area contributed by atoms with Crippen LogP contribution in [0.2, 0.25) is 0 Å². The first-order valence-corrected chi connectivity index (χ1v) is 11.2. The molecule has 0 aliphatic carbocycles. The summed E-state index contributed by atoms with van der Waals surface area (Å²) in [6, 6.07) is 20.7. The van der Waals surface area contributed by atoms with Crippen LogP contribution in [-0.4, -0.2) is 18.4 Å². The van der Waals surface area contributed by atoms with Crippen LogP contribution in [0.15, 0.2) is 83.0 Å². The molecular formula is C27H28N2O4. The van der Waals surface area contributed by atoms with Crippen LogP contribution in [0.1, 0.15) is 60.2 Å². The molecule has 0 aliphatic heterocycles. The first-order chi connectivity index (χ1) is 16.1. The van der Waals surface area contributed by atoms with E-state index in [1.54, 1.807) is 72.8 Å². The highest BCUT2D eigenvalue weighted by Crippen LogP contribution is 2.23. The normalized spacial score (nSPS) is 10.8. The highest BCUT2D eigenvalue weighted by Gasteiger charge is 2.09. The van der Waals surface area contributed by atoms with Gasteiger partial charge in [0.2, 0.25) is 0 Å². The molecule has 6 nitrogen and oxygen atoms in total. The number of ketones is 1. The minimum atomic E-state index is -0.441. The first kappa shape index (κ1) is 23.9. The SMILES string of the molecule is CCCCCOc1ccc(C(=O)Oc2ccc(N=Nc3ccc(C(=O)CC)cc3)cc2)cc1. The molecule has 170 valence electrons. The van der Waals surface area contributed by atoms with Crippen LogP contribution in [0, 0.1) is 0 Å². The van der Waals surface area contributed by atoms with Crippen LogP contribution in [-0.2, 0) is 0 Å². The van der Waals surface area contributed by atoms with Gasteiger partial charge >= 0.3 is 5.97 Å². The van der Waals surface area contributed by atoms with E-state index in [4.69, 9.17) is 9.47 Å². The Morgan fingerprint density at radius 3 is 1.82 bits per heavy atom. The molecule has 3 rings (SSSR count). The molecule has 0 spiro atoms. The van der Waals surface area contributed by atoms with Crippen molar-refractivity contribution in [2.75, 3.05) is 6.61 Å². The molecule has 0 heterocycles. The summed E-state index contributed by atoms with van der Waals surface area (Å²) in [6.45, 7) is 4.65. The number of ether oxygens (including phenoxy) is 2. The Morgan fingerprint density at radius 1 is 0.697 bits per heavy atom. The predicted octanol–water partition coefficient (Wildman–Crippen LogP) is 7.48. The molecule has 3 aromatic rings. The molecule has 0 aromatic heterocycles. The minimum absolute atomic E-state index is 0.0929. The summed E-state index contributed by atoms with van der Waals surface area (Å²) < 4.78 is 11.1. The Morgan fingerprint density at radius 2 is 1.24 bits per heavy atom. The summed E-state index contributed by atoms with van der Waals surface area (Å²) in [5, 5.41) is 8.36. The van der Waals surface area contributed by atoms with E-state index in [-0.39, 0.29) is 5.78 Å². The molecule has 0 unspecified atom stereocenters. The molecule has 0 saturated carbocycles. The van der Waals surface area contributed by atoms with Crippen molar-refractivity contribution in [3.05, 3.63) is 83.9 Å². The summed E-state index contributed by atoms with van der Waals surface area (Å²) >= 11 is 0. The van der Waals surface area contributed by atoms with E-state index in [2.05, 4.69) is 17.2 Å². The third-order valence-corrected chi connectivity index (χ3v) is 4.95. The number of azo groups is 1. The highest BCUT2D eigenvalue weighted by molar-refractivity contribution is 5.96. The van der Waals surface area contributed by atoms with Gasteiger partial charge in [0.25, 0.3) is 0 Å². The van der Waals surface area contributed by atoms with Gasteiger partial charge in [-0.3, -0.25) is 4.79 Å². The number of unbranched alkanes of at least 4 members (excludes halogenated alkanes) is 2. The van der Waals surface area contributed by atoms with Crippen molar-refractivity contribution in [1.29, 1.82) is 0 Å². The van der Waals surface area contributed by atoms with E-state index in [0.29, 0.717) is 41.3 Å². The number of nitrogens with zero attached hydrogens (tertiary/aromatic N) is 2. The van der Waals surface area contributed by atoms with Gasteiger partial charge in [0.05, 0.1) is 23.5 Å². The lowest BCUT2D eigenvalue weighted by Gasteiger charge is -2.07. The molecule has 0 aliphatic rings. The average molecular weight is 445 g/mol. The number of esters is 1. The number of Topliss-reactive ketones (excluding diaryl/α,β-unsaturated/α-hetero) is 1. The average Bonchev–Trinajstić information content (AvgIpc) is 2.86. The van der Waals surface area contributed by atoms with Crippen LogP contribution in [0.5, 0.6) is 11.5 Å². The first-order valence-electron chi connectivity index (χ1n) is 11.2. The van der Waals surface area contributed by atoms with Crippen molar-refractivity contribution in [2.24, 2.45) is 10.2 Å². The summed E-state index contributed by atoms with van der Waals surface area (Å²) in [5.41, 5.74) is 2.38. The fourth-order valence-electron chi connectivity index (χ4n) is 3.01. The van der Waals surface area contributed by atoms with Gasteiger partial charge in [0.1, 0.15) is 11.5 Å². The molecule has 6 heteroatoms. The standard InChI is InChI=1S/C27H28N2O4/c1-3-5-6-19-32-24-15-9-21(10-16-24)27(31)33-25-17-13-23(14-18-25)29-28-22-11-7-20(8-12-22)26(30)4-2/h7-18H,3-6,19H2,1-2H3. The maximum absolute atomic E-state index is 12.4. The minimum Gasteiger partial charge on any atom is -0.494 e. The Kier molecular flexibility index (Phi) is 8.88. The van der Waals surface area contributed by atoms with Gasteiger partial charge < -0.3 is 9.47 Å². The van der Waals surface area contributed by atoms with Crippen LogP contribution in [0.3, 0.4) is 0 Å². The maximum atomic E-state index is 12.4. The maximum Gasteiger partial charge on any atom is 0.343 e. The largest absolute Gasteiger partial charge is 0.494 e. The van der Waals surface area contributed by atoms with Crippen LogP contribution in [0.4, 0.5) is 11.4 Å². The van der Waals surface area contributed by atoms with Crippen molar-refractivity contribution >= 4 is 23.1 Å². The molecule has 0 bridgehead atoms. The second-order valence-corrected chi connectivity index (χ2v) is 7.49. The van der Waals surface area contributed by atoms with Gasteiger partial charge in [-0.05, 0) is 79.2 Å². The molecule has 33 heavy (non-hydrogen) atoms. The summed E-state index contributed by atoms with van der Waals surface area (Å²) in [4.78, 5) is 24.1. The number of carbonyl (C=O) groups is 2. The second-order valence-electron chi connectivity index (χ2n) is 7.49. The van der Waals surface area contributed by atoms with Gasteiger partial charge in [0.15, 0.2) is 5.78 Å². The molecule has 3 aromatic carbocycles. The van der Waals surface area contributed by atoms with E-state index in [9.17, 15) is 9.59 Å². The lowest BCUT2D eigenvalue weighted by Crippen LogP contribution is -2.08. The molecule has 0 saturated heterocycles. The predicted molar refractivity (Wildman–Crippen MR) is 128 cm³/mol. The zero-order valence-electron chi connectivity index (χ0n) is 19.0. The van der Waals surface area contributed by atoms with E-state index >= 15 is 0 Å². The van der Waals surface area contributed by atoms with Gasteiger partial charge in [0, 0.05) is 12.0 Å². The van der Waals surface area contributed by atoms with Crippen molar-refractivity contribution in [3.8, 4) is 11.5 Å². The van der Waals surface area contributed by atoms with Crippen LogP contribution < -0.4 is 9.47 Å². The lowest BCUT2D eigenvalue weighted by atomic mass is 10.1. The second kappa shape index (κ2) is 12.3. The Balaban J connectivity index is 1.53. The molecule has 0 amide bonds. The van der Waals surface area contributed by atoms with E-state index in [0.717, 1.165) is 25.0 Å². The van der Waals surface area contributed by atoms with Crippen molar-refractivity contribution in [2.45, 2.75) is 39.5 Å².